The molecule has 1 aromatic carbocycles. The third-order valence-electron chi connectivity index (χ3n) is 3.27. The van der Waals surface area contributed by atoms with Crippen LogP contribution in [-0.2, 0) is 20.7 Å². The number of carbonyl (C=O) groups excluding carboxylic acids is 1. The summed E-state index contributed by atoms with van der Waals surface area (Å²) in [6.45, 7) is 0.522. The average molecular weight is 297 g/mol. The van der Waals surface area contributed by atoms with Gasteiger partial charge in [0.05, 0.1) is 26.7 Å². The zero-order valence-electron chi connectivity index (χ0n) is 11.5. The van der Waals surface area contributed by atoms with Gasteiger partial charge in [-0.25, -0.2) is 9.18 Å². The van der Waals surface area contributed by atoms with E-state index < -0.39 is 17.9 Å². The number of rotatable bonds is 4. The van der Waals surface area contributed by atoms with Crippen LogP contribution in [0, 0.1) is 5.82 Å². The van der Waals surface area contributed by atoms with E-state index in [1.54, 1.807) is 6.07 Å². The van der Waals surface area contributed by atoms with Crippen LogP contribution in [0.2, 0.25) is 0 Å². The average Bonchev–Trinajstić information content (AvgIpc) is 2.47. The Morgan fingerprint density at radius 1 is 1.52 bits per heavy atom. The molecule has 6 nitrogen and oxygen atoms in total. The second-order valence-electron chi connectivity index (χ2n) is 4.68. The molecular weight excluding hydrogens is 281 g/mol. The Kier molecular flexibility index (Phi) is 4.74. The number of ether oxygens (including phenoxy) is 2. The van der Waals surface area contributed by atoms with Crippen molar-refractivity contribution in [3.8, 4) is 5.75 Å². The Morgan fingerprint density at radius 3 is 2.90 bits per heavy atom. The van der Waals surface area contributed by atoms with Crippen molar-refractivity contribution in [3.63, 3.8) is 0 Å². The van der Waals surface area contributed by atoms with Crippen molar-refractivity contribution in [1.29, 1.82) is 0 Å². The molecule has 1 amide bonds. The largest absolute Gasteiger partial charge is 0.494 e. The normalized spacial score (nSPS) is 18.4. The number of carboxylic acids is 1. The van der Waals surface area contributed by atoms with Crippen LogP contribution >= 0.6 is 0 Å². The number of morpholine rings is 1. The van der Waals surface area contributed by atoms with Gasteiger partial charge in [-0.2, -0.15) is 0 Å². The molecule has 1 N–H and O–H groups in total. The molecule has 0 bridgehead atoms. The Balaban J connectivity index is 2.00. The van der Waals surface area contributed by atoms with E-state index in [0.29, 0.717) is 12.1 Å². The number of benzene rings is 1. The number of amides is 1. The monoisotopic (exact) mass is 297 g/mol. The Bertz CT molecular complexity index is 548. The number of hydrogen-bond acceptors (Lipinski definition) is 4. The van der Waals surface area contributed by atoms with Crippen LogP contribution in [0.4, 0.5) is 4.39 Å². The van der Waals surface area contributed by atoms with Crippen molar-refractivity contribution in [2.45, 2.75) is 12.5 Å². The van der Waals surface area contributed by atoms with Crippen LogP contribution < -0.4 is 4.74 Å². The zero-order chi connectivity index (χ0) is 15.4. The van der Waals surface area contributed by atoms with Crippen molar-refractivity contribution < 1.29 is 28.6 Å². The maximum atomic E-state index is 13.6. The number of nitrogens with zero attached hydrogens (tertiary/aromatic N) is 1. The fraction of sp³-hybridized carbons (Fsp3) is 0.429. The molecule has 1 fully saturated rings. The van der Waals surface area contributed by atoms with Gasteiger partial charge in [-0.15, -0.1) is 0 Å². The SMILES string of the molecule is COc1ccc(CC(=O)N2CCOC(C(=O)O)C2)cc1F. The third-order valence-corrected chi connectivity index (χ3v) is 3.27. The molecule has 0 aliphatic carbocycles. The highest BCUT2D eigenvalue weighted by Crippen LogP contribution is 2.18. The van der Waals surface area contributed by atoms with Gasteiger partial charge in [-0.05, 0) is 17.7 Å². The van der Waals surface area contributed by atoms with Gasteiger partial charge in [-0.1, -0.05) is 6.07 Å². The zero-order valence-corrected chi connectivity index (χ0v) is 11.5. The molecule has 0 aromatic heterocycles. The highest BCUT2D eigenvalue weighted by molar-refractivity contribution is 5.80. The van der Waals surface area contributed by atoms with Gasteiger partial charge >= 0.3 is 5.97 Å². The van der Waals surface area contributed by atoms with Crippen molar-refractivity contribution >= 4 is 11.9 Å². The molecule has 0 spiro atoms. The lowest BCUT2D eigenvalue weighted by atomic mass is 10.1. The molecule has 2 rings (SSSR count). The van der Waals surface area contributed by atoms with E-state index in [2.05, 4.69) is 0 Å². The van der Waals surface area contributed by atoms with Crippen LogP contribution in [0.1, 0.15) is 5.56 Å². The summed E-state index contributed by atoms with van der Waals surface area (Å²) in [5, 5.41) is 8.90. The van der Waals surface area contributed by atoms with E-state index in [4.69, 9.17) is 14.6 Å². The van der Waals surface area contributed by atoms with Crippen molar-refractivity contribution in [2.75, 3.05) is 26.8 Å². The van der Waals surface area contributed by atoms with Crippen LogP contribution in [0.3, 0.4) is 0 Å². The lowest BCUT2D eigenvalue weighted by Gasteiger charge is -2.31. The standard InChI is InChI=1S/C14H16FNO5/c1-20-11-3-2-9(6-10(11)15)7-13(17)16-4-5-21-12(8-16)14(18)19/h2-3,6,12H,4-5,7-8H2,1H3,(H,18,19). The summed E-state index contributed by atoms with van der Waals surface area (Å²) in [4.78, 5) is 24.4. The van der Waals surface area contributed by atoms with Gasteiger partial charge in [-0.3, -0.25) is 4.79 Å². The number of carboxylic acid groups (broad SMARTS) is 1. The number of halogens is 1. The van der Waals surface area contributed by atoms with E-state index in [-0.39, 0.29) is 31.2 Å². The minimum absolute atomic E-state index is 0.00675. The summed E-state index contributed by atoms with van der Waals surface area (Å²) in [5.74, 6) is -1.77. The molecule has 1 aromatic rings. The summed E-state index contributed by atoms with van der Waals surface area (Å²) in [6, 6.07) is 4.30. The van der Waals surface area contributed by atoms with Gasteiger partial charge in [0.1, 0.15) is 0 Å². The predicted octanol–water partition coefficient (Wildman–Crippen LogP) is 0.689. The molecule has 21 heavy (non-hydrogen) atoms. The van der Waals surface area contributed by atoms with Crippen LogP contribution in [-0.4, -0.2) is 54.8 Å². The van der Waals surface area contributed by atoms with Crippen molar-refractivity contribution in [2.24, 2.45) is 0 Å². The first-order chi connectivity index (χ1) is 10.0. The fourth-order valence-corrected chi connectivity index (χ4v) is 2.13. The second-order valence-corrected chi connectivity index (χ2v) is 4.68. The maximum absolute atomic E-state index is 13.6. The Hall–Kier alpha value is -2.15. The molecule has 7 heteroatoms. The fourth-order valence-electron chi connectivity index (χ4n) is 2.13. The van der Waals surface area contributed by atoms with Crippen LogP contribution in [0.5, 0.6) is 5.75 Å². The van der Waals surface area contributed by atoms with Crippen LogP contribution in [0.15, 0.2) is 18.2 Å². The molecule has 1 unspecified atom stereocenters. The molecule has 114 valence electrons. The Morgan fingerprint density at radius 2 is 2.29 bits per heavy atom. The van der Waals surface area contributed by atoms with Gasteiger partial charge in [0.2, 0.25) is 5.91 Å². The van der Waals surface area contributed by atoms with E-state index >= 15 is 0 Å². The minimum Gasteiger partial charge on any atom is -0.494 e. The Labute approximate surface area is 121 Å². The van der Waals surface area contributed by atoms with E-state index in [9.17, 15) is 14.0 Å². The topological polar surface area (TPSA) is 76.1 Å². The quantitative estimate of drug-likeness (QED) is 0.885. The summed E-state index contributed by atoms with van der Waals surface area (Å²) in [6.07, 6.45) is -0.997. The maximum Gasteiger partial charge on any atom is 0.334 e. The van der Waals surface area contributed by atoms with E-state index in [0.717, 1.165) is 0 Å². The molecular formula is C14H16FNO5. The van der Waals surface area contributed by atoms with E-state index in [1.807, 2.05) is 0 Å². The highest BCUT2D eigenvalue weighted by atomic mass is 19.1. The number of carbonyl (C=O) groups is 2. The molecule has 0 saturated carbocycles. The lowest BCUT2D eigenvalue weighted by molar-refractivity contribution is -0.159. The number of aliphatic carboxylic acids is 1. The molecule has 0 radical (unpaired) electrons. The first-order valence-corrected chi connectivity index (χ1v) is 6.46. The van der Waals surface area contributed by atoms with Gasteiger partial charge in [0.25, 0.3) is 0 Å². The molecule has 1 atom stereocenters. The molecule has 1 saturated heterocycles. The first kappa shape index (κ1) is 15.2. The van der Waals surface area contributed by atoms with Gasteiger partial charge < -0.3 is 19.5 Å². The van der Waals surface area contributed by atoms with Gasteiger partial charge in [0.15, 0.2) is 17.7 Å². The van der Waals surface area contributed by atoms with Gasteiger partial charge in [0, 0.05) is 6.54 Å². The summed E-state index contributed by atoms with van der Waals surface area (Å²) in [7, 11) is 1.36. The summed E-state index contributed by atoms with van der Waals surface area (Å²) in [5.41, 5.74) is 0.511. The second kappa shape index (κ2) is 6.53. The molecule has 1 aliphatic rings. The van der Waals surface area contributed by atoms with Crippen LogP contribution in [0.25, 0.3) is 0 Å². The highest BCUT2D eigenvalue weighted by Gasteiger charge is 2.28. The molecule has 1 heterocycles. The van der Waals surface area contributed by atoms with Crippen molar-refractivity contribution in [3.05, 3.63) is 29.6 Å². The third kappa shape index (κ3) is 3.69. The van der Waals surface area contributed by atoms with Crippen molar-refractivity contribution in [1.82, 2.24) is 4.90 Å². The van der Waals surface area contributed by atoms with E-state index in [1.165, 1.54) is 24.1 Å². The minimum atomic E-state index is -1.09. The smallest absolute Gasteiger partial charge is 0.334 e. The lowest BCUT2D eigenvalue weighted by Crippen LogP contribution is -2.49. The number of methoxy groups -OCH3 is 1. The number of hydrogen-bond donors (Lipinski definition) is 1. The summed E-state index contributed by atoms with van der Waals surface area (Å²) < 4.78 is 23.4. The summed E-state index contributed by atoms with van der Waals surface area (Å²) >= 11 is 0. The predicted molar refractivity (Wildman–Crippen MR) is 70.6 cm³/mol. The molecule has 1 aliphatic heterocycles. The first-order valence-electron chi connectivity index (χ1n) is 6.46.